The first kappa shape index (κ1) is 41.9. The molecule has 2 aliphatic heterocycles. The van der Waals surface area contributed by atoms with Crippen LogP contribution in [0.15, 0.2) is 11.6 Å². The van der Waals surface area contributed by atoms with Gasteiger partial charge in [0.2, 0.25) is 0 Å². The highest BCUT2D eigenvalue weighted by Crippen LogP contribution is 2.76. The van der Waals surface area contributed by atoms with Crippen LogP contribution in [-0.2, 0) is 23.7 Å². The molecule has 0 aromatic rings. The van der Waals surface area contributed by atoms with Crippen molar-refractivity contribution in [2.45, 2.75) is 186 Å². The molecule has 13 heteroatoms. The maximum atomic E-state index is 13.1. The molecule has 6 fully saturated rings. The molecule has 8 N–H and O–H groups in total. The van der Waals surface area contributed by atoms with E-state index in [9.17, 15) is 45.6 Å². The molecule has 0 bridgehead atoms. The van der Waals surface area contributed by atoms with Crippen LogP contribution in [0, 0.1) is 50.7 Å². The number of hydrogen-bond donors (Lipinski definition) is 8. The van der Waals surface area contributed by atoms with Crippen LogP contribution in [0.3, 0.4) is 0 Å². The number of carbonyl (C=O) groups is 1. The molecule has 0 amide bonds. The van der Waals surface area contributed by atoms with Gasteiger partial charge < -0.3 is 59.8 Å². The highest BCUT2D eigenvalue weighted by molar-refractivity contribution is 5.77. The van der Waals surface area contributed by atoms with E-state index >= 15 is 0 Å². The molecule has 2 heterocycles. The fourth-order valence-corrected chi connectivity index (χ4v) is 13.8. The Morgan fingerprint density at radius 2 is 1.47 bits per heavy atom. The number of carboxylic acid groups (broad SMARTS) is 1. The molecule has 0 aromatic carbocycles. The zero-order chi connectivity index (χ0) is 40.4. The van der Waals surface area contributed by atoms with Crippen LogP contribution >= 0.6 is 0 Å². The van der Waals surface area contributed by atoms with E-state index in [2.05, 4.69) is 47.6 Å². The summed E-state index contributed by atoms with van der Waals surface area (Å²) in [5.74, 6) is -0.735. The molecule has 55 heavy (non-hydrogen) atoms. The monoisotopic (exact) mass is 780 g/mol. The van der Waals surface area contributed by atoms with E-state index in [-0.39, 0.29) is 34.2 Å². The van der Waals surface area contributed by atoms with Gasteiger partial charge in [0.25, 0.3) is 0 Å². The third-order valence-corrected chi connectivity index (χ3v) is 17.6. The Morgan fingerprint density at radius 3 is 2.13 bits per heavy atom. The van der Waals surface area contributed by atoms with Crippen LogP contribution in [0.25, 0.3) is 0 Å². The molecule has 13 nitrogen and oxygen atoms in total. The lowest BCUT2D eigenvalue weighted by atomic mass is 9.33. The van der Waals surface area contributed by atoms with E-state index < -0.39 is 96.3 Å². The Bertz CT molecular complexity index is 1500. The minimum atomic E-state index is -1.65. The zero-order valence-corrected chi connectivity index (χ0v) is 33.9. The molecule has 20 atom stereocenters. The summed E-state index contributed by atoms with van der Waals surface area (Å²) in [4.78, 5) is 13.1. The molecule has 0 radical (unpaired) electrons. The highest BCUT2D eigenvalue weighted by atomic mass is 16.8. The minimum Gasteiger partial charge on any atom is -0.481 e. The summed E-state index contributed by atoms with van der Waals surface area (Å²) in [7, 11) is 0. The fraction of sp³-hybridized carbons (Fsp3) is 0.929. The summed E-state index contributed by atoms with van der Waals surface area (Å²) >= 11 is 0. The fourth-order valence-electron chi connectivity index (χ4n) is 13.8. The molecule has 7 aliphatic rings. The van der Waals surface area contributed by atoms with Crippen LogP contribution < -0.4 is 0 Å². The minimum absolute atomic E-state index is 0.0124. The van der Waals surface area contributed by atoms with Gasteiger partial charge in [0, 0.05) is 5.92 Å². The van der Waals surface area contributed by atoms with E-state index in [1.165, 1.54) is 6.92 Å². The van der Waals surface area contributed by atoms with E-state index in [4.69, 9.17) is 18.9 Å². The summed E-state index contributed by atoms with van der Waals surface area (Å²) in [5, 5.41) is 86.5. The third-order valence-electron chi connectivity index (χ3n) is 17.6. The van der Waals surface area contributed by atoms with Crippen LogP contribution in [0.2, 0.25) is 0 Å². The first-order valence-electron chi connectivity index (χ1n) is 20.8. The predicted molar refractivity (Wildman–Crippen MR) is 198 cm³/mol. The second-order valence-corrected chi connectivity index (χ2v) is 20.3. The number of ether oxygens (including phenoxy) is 4. The normalized spacial score (nSPS) is 56.3. The molecule has 0 aromatic heterocycles. The molecule has 2 saturated heterocycles. The van der Waals surface area contributed by atoms with E-state index in [1.807, 2.05) is 6.92 Å². The third kappa shape index (κ3) is 5.91. The van der Waals surface area contributed by atoms with Crippen LogP contribution in [0.4, 0.5) is 0 Å². The lowest BCUT2D eigenvalue weighted by Crippen LogP contribution is -2.68. The largest absolute Gasteiger partial charge is 0.481 e. The molecule has 0 spiro atoms. The van der Waals surface area contributed by atoms with Crippen molar-refractivity contribution in [3.8, 4) is 0 Å². The summed E-state index contributed by atoms with van der Waals surface area (Å²) in [5.41, 5.74) is -1.88. The molecular weight excluding hydrogens is 712 g/mol. The van der Waals surface area contributed by atoms with Crippen molar-refractivity contribution in [1.82, 2.24) is 0 Å². The van der Waals surface area contributed by atoms with Gasteiger partial charge in [-0.3, -0.25) is 4.79 Å². The summed E-state index contributed by atoms with van der Waals surface area (Å²) < 4.78 is 24.6. The molecule has 5 aliphatic carbocycles. The highest BCUT2D eigenvalue weighted by Gasteiger charge is 2.71. The van der Waals surface area contributed by atoms with Crippen molar-refractivity contribution in [3.05, 3.63) is 11.6 Å². The van der Waals surface area contributed by atoms with Crippen molar-refractivity contribution in [2.75, 3.05) is 6.61 Å². The predicted octanol–water partition coefficient (Wildman–Crippen LogP) is 2.88. The second-order valence-electron chi connectivity index (χ2n) is 20.3. The molecule has 4 saturated carbocycles. The summed E-state index contributed by atoms with van der Waals surface area (Å²) in [6.45, 7) is 16.5. The van der Waals surface area contributed by atoms with E-state index in [0.717, 1.165) is 37.7 Å². The van der Waals surface area contributed by atoms with Gasteiger partial charge in [0.05, 0.1) is 29.8 Å². The van der Waals surface area contributed by atoms with Gasteiger partial charge in [0.15, 0.2) is 12.6 Å². The zero-order valence-electron chi connectivity index (χ0n) is 33.9. The number of fused-ring (bicyclic) bond motifs is 7. The lowest BCUT2D eigenvalue weighted by Gasteiger charge is -2.72. The van der Waals surface area contributed by atoms with Crippen LogP contribution in [0.1, 0.15) is 113 Å². The molecule has 314 valence electrons. The number of aliphatic hydroxyl groups is 7. The Morgan fingerprint density at radius 1 is 0.782 bits per heavy atom. The number of aliphatic hydroxyl groups excluding tert-OH is 6. The van der Waals surface area contributed by atoms with Crippen LogP contribution in [0.5, 0.6) is 0 Å². The van der Waals surface area contributed by atoms with Crippen molar-refractivity contribution in [1.29, 1.82) is 0 Å². The van der Waals surface area contributed by atoms with E-state index in [0.29, 0.717) is 31.6 Å². The Balaban J connectivity index is 1.16. The maximum Gasteiger partial charge on any atom is 0.310 e. The first-order valence-corrected chi connectivity index (χ1v) is 20.8. The van der Waals surface area contributed by atoms with Gasteiger partial charge in [-0.2, -0.15) is 0 Å². The Kier molecular flexibility index (Phi) is 10.6. The van der Waals surface area contributed by atoms with Crippen molar-refractivity contribution < 1.29 is 64.6 Å². The molecule has 0 unspecified atom stereocenters. The van der Waals surface area contributed by atoms with Crippen molar-refractivity contribution in [2.24, 2.45) is 50.7 Å². The summed E-state index contributed by atoms with van der Waals surface area (Å²) in [6, 6.07) is 0. The van der Waals surface area contributed by atoms with Gasteiger partial charge in [0.1, 0.15) is 42.7 Å². The molecule has 7 rings (SSSR count). The van der Waals surface area contributed by atoms with Crippen LogP contribution in [-0.4, -0.2) is 127 Å². The summed E-state index contributed by atoms with van der Waals surface area (Å²) in [6.07, 6.45) is -5.19. The first-order chi connectivity index (χ1) is 25.5. The number of allylic oxidation sites excluding steroid dienone is 1. The number of carboxylic acids is 1. The maximum absolute atomic E-state index is 13.1. The SMILES string of the molecule is C[C@@H]1O[C@@H](O[C@H]2[C@H](O[C@H]3CC[C@]4(C)[C@H]5CC=C6[C@H]7[C@](C(=O)O)(CC[C@@H](C)[C@@]7(C)O)CC[C@@]6(C)[C@]5(C)CC[C@H]4C3(C)C)O[C@H](CO)[C@@H](O)[C@@H]2O)[C@H](O)[C@H](O)[C@H]1O. The smallest absolute Gasteiger partial charge is 0.310 e. The van der Waals surface area contributed by atoms with Crippen molar-refractivity contribution in [3.63, 3.8) is 0 Å². The number of hydrogen-bond acceptors (Lipinski definition) is 12. The number of rotatable bonds is 6. The van der Waals surface area contributed by atoms with E-state index in [1.54, 1.807) is 0 Å². The Hall–Kier alpha value is -1.23. The van der Waals surface area contributed by atoms with Gasteiger partial charge in [-0.15, -0.1) is 0 Å². The van der Waals surface area contributed by atoms with Crippen molar-refractivity contribution >= 4 is 5.97 Å². The molecular formula is C42H68O13. The number of aliphatic carboxylic acids is 1. The topological polar surface area (TPSA) is 216 Å². The second kappa shape index (κ2) is 13.9. The standard InChI is InChI=1S/C42H68O13/c1-20-11-16-42(36(49)50)18-17-39(6)22(33(42)41(20,8)51)9-10-25-38(5)14-13-26(37(3,4)24(38)12-15-40(25,39)7)54-35-32(30(47)28(45)23(19-43)53-35)55-34-31(48)29(46)27(44)21(2)52-34/h9,20-21,23-35,43-48,51H,10-19H2,1-8H3,(H,49,50)/t20-,21+,23-,24+,25-,26+,27+,28-,29-,30+,31-,32-,33-,34+,35+,38+,39-,40-,41-,42+/m1/s1. The van der Waals surface area contributed by atoms with Gasteiger partial charge in [-0.05, 0) is 111 Å². The lowest BCUT2D eigenvalue weighted by molar-refractivity contribution is -0.376. The average Bonchev–Trinajstić information content (AvgIpc) is 3.11. The van der Waals surface area contributed by atoms with Gasteiger partial charge in [-0.1, -0.05) is 53.2 Å². The van der Waals surface area contributed by atoms with Gasteiger partial charge >= 0.3 is 5.97 Å². The average molecular weight is 781 g/mol. The van der Waals surface area contributed by atoms with Gasteiger partial charge in [-0.25, -0.2) is 0 Å². The quantitative estimate of drug-likeness (QED) is 0.144. The Labute approximate surface area is 325 Å².